The molecule has 1 fully saturated rings. The van der Waals surface area contributed by atoms with E-state index >= 15 is 0 Å². The Hall–Kier alpha value is -0.210. The Morgan fingerprint density at radius 3 is 2.19 bits per heavy atom. The number of nitrogens with one attached hydrogen (secondary N) is 1. The Balaban J connectivity index is 2.50. The van der Waals surface area contributed by atoms with Gasteiger partial charge in [0, 0.05) is 38.3 Å². The number of nitrogens with two attached hydrogens (primary N) is 1. The zero-order valence-electron chi connectivity index (χ0n) is 10.2. The van der Waals surface area contributed by atoms with Gasteiger partial charge in [-0.15, -0.1) is 0 Å². The predicted octanol–water partition coefficient (Wildman–Crippen LogP) is -1.19. The Labute approximate surface area is 98.0 Å². The van der Waals surface area contributed by atoms with Crippen LogP contribution in [0.4, 0.5) is 0 Å². The van der Waals surface area contributed by atoms with Crippen molar-refractivity contribution < 1.29 is 8.42 Å². The van der Waals surface area contributed by atoms with Gasteiger partial charge in [0.05, 0.1) is 0 Å². The molecule has 0 amide bonds. The summed E-state index contributed by atoms with van der Waals surface area (Å²) in [7, 11) is -1.50. The molecule has 3 N–H and O–H groups in total. The topological polar surface area (TPSA) is 78.7 Å². The predicted molar refractivity (Wildman–Crippen MR) is 64.3 cm³/mol. The average molecular weight is 250 g/mol. The van der Waals surface area contributed by atoms with Crippen LogP contribution in [0.2, 0.25) is 0 Å². The monoisotopic (exact) mass is 250 g/mol. The van der Waals surface area contributed by atoms with Gasteiger partial charge in [-0.05, 0) is 20.9 Å². The molecule has 16 heavy (non-hydrogen) atoms. The summed E-state index contributed by atoms with van der Waals surface area (Å²) >= 11 is 0. The zero-order chi connectivity index (χ0) is 12.4. The normalized spacial score (nSPS) is 21.2. The van der Waals surface area contributed by atoms with E-state index < -0.39 is 10.2 Å². The van der Waals surface area contributed by atoms with Gasteiger partial charge in [-0.1, -0.05) is 0 Å². The molecule has 0 aromatic carbocycles. The molecule has 1 heterocycles. The molecule has 0 aliphatic carbocycles. The lowest BCUT2D eigenvalue weighted by Gasteiger charge is -2.43. The standard InChI is InChI=1S/C9H22N4O2S/c1-9(2,8-11-16(10,14)15)13-6-4-12(3)5-7-13/h11H,4-8H2,1-3H3,(H2,10,14,15). The number of hydrogen-bond acceptors (Lipinski definition) is 4. The van der Waals surface area contributed by atoms with Crippen molar-refractivity contribution in [3.05, 3.63) is 0 Å². The van der Waals surface area contributed by atoms with Gasteiger partial charge < -0.3 is 4.90 Å². The van der Waals surface area contributed by atoms with Gasteiger partial charge in [0.25, 0.3) is 10.2 Å². The van der Waals surface area contributed by atoms with E-state index in [1.54, 1.807) is 0 Å². The molecule has 0 saturated carbocycles. The number of likely N-dealkylation sites (N-methyl/N-ethyl adjacent to an activating group) is 1. The first-order valence-corrected chi connectivity index (χ1v) is 6.96. The third-order valence-electron chi connectivity index (χ3n) is 3.07. The first kappa shape index (κ1) is 13.9. The van der Waals surface area contributed by atoms with Crippen LogP contribution in [-0.4, -0.2) is 63.5 Å². The minimum Gasteiger partial charge on any atom is -0.304 e. The van der Waals surface area contributed by atoms with Crippen molar-refractivity contribution in [2.45, 2.75) is 19.4 Å². The van der Waals surface area contributed by atoms with Crippen LogP contribution in [0.25, 0.3) is 0 Å². The largest absolute Gasteiger partial charge is 0.304 e. The molecule has 96 valence electrons. The Kier molecular flexibility index (Phi) is 4.30. The van der Waals surface area contributed by atoms with Crippen molar-refractivity contribution in [2.75, 3.05) is 39.8 Å². The third kappa shape index (κ3) is 4.34. The fraction of sp³-hybridized carbons (Fsp3) is 1.00. The molecule has 0 atom stereocenters. The summed E-state index contributed by atoms with van der Waals surface area (Å²) in [6.45, 7) is 8.33. The maximum Gasteiger partial charge on any atom is 0.274 e. The van der Waals surface area contributed by atoms with Crippen LogP contribution in [0, 0.1) is 0 Å². The number of nitrogens with zero attached hydrogens (tertiary/aromatic N) is 2. The molecule has 1 aliphatic rings. The summed E-state index contributed by atoms with van der Waals surface area (Å²) in [6.07, 6.45) is 0. The first-order chi connectivity index (χ1) is 7.21. The maximum atomic E-state index is 10.9. The van der Waals surface area contributed by atoms with E-state index in [1.165, 1.54) is 0 Å². The second kappa shape index (κ2) is 4.97. The van der Waals surface area contributed by atoms with E-state index in [4.69, 9.17) is 5.14 Å². The van der Waals surface area contributed by atoms with Crippen LogP contribution in [0.5, 0.6) is 0 Å². The fourth-order valence-corrected chi connectivity index (χ4v) is 2.36. The van der Waals surface area contributed by atoms with Crippen molar-refractivity contribution in [1.82, 2.24) is 14.5 Å². The van der Waals surface area contributed by atoms with E-state index in [1.807, 2.05) is 13.8 Å². The number of rotatable bonds is 4. The van der Waals surface area contributed by atoms with Gasteiger partial charge in [-0.2, -0.15) is 8.42 Å². The molecule has 0 aromatic heterocycles. The molecule has 0 bridgehead atoms. The van der Waals surface area contributed by atoms with Gasteiger partial charge in [-0.25, -0.2) is 9.86 Å². The van der Waals surface area contributed by atoms with Crippen molar-refractivity contribution in [3.8, 4) is 0 Å². The second-order valence-corrected chi connectivity index (χ2v) is 6.35. The average Bonchev–Trinajstić information content (AvgIpc) is 2.15. The van der Waals surface area contributed by atoms with Gasteiger partial charge >= 0.3 is 0 Å². The van der Waals surface area contributed by atoms with Gasteiger partial charge in [0.2, 0.25) is 0 Å². The van der Waals surface area contributed by atoms with Crippen LogP contribution in [-0.2, 0) is 10.2 Å². The minimum atomic E-state index is -3.59. The van der Waals surface area contributed by atoms with Crippen LogP contribution in [0.1, 0.15) is 13.8 Å². The Bertz CT molecular complexity index is 320. The maximum absolute atomic E-state index is 10.9. The SMILES string of the molecule is CN1CCN(C(C)(C)CNS(N)(=O)=O)CC1. The van der Waals surface area contributed by atoms with Crippen molar-refractivity contribution in [1.29, 1.82) is 0 Å². The number of piperazine rings is 1. The van der Waals surface area contributed by atoms with Crippen LogP contribution in [0.3, 0.4) is 0 Å². The highest BCUT2D eigenvalue weighted by molar-refractivity contribution is 7.87. The highest BCUT2D eigenvalue weighted by Crippen LogP contribution is 2.15. The van der Waals surface area contributed by atoms with Gasteiger partial charge in [-0.3, -0.25) is 4.90 Å². The Morgan fingerprint density at radius 1 is 1.25 bits per heavy atom. The third-order valence-corrected chi connectivity index (χ3v) is 3.61. The molecule has 0 unspecified atom stereocenters. The minimum absolute atomic E-state index is 0.201. The lowest BCUT2D eigenvalue weighted by atomic mass is 10.0. The lowest BCUT2D eigenvalue weighted by Crippen LogP contribution is -2.58. The van der Waals surface area contributed by atoms with Crippen LogP contribution >= 0.6 is 0 Å². The van der Waals surface area contributed by atoms with E-state index in [-0.39, 0.29) is 5.54 Å². The number of hydrogen-bond donors (Lipinski definition) is 2. The summed E-state index contributed by atoms with van der Waals surface area (Å²) in [5, 5.41) is 4.93. The smallest absolute Gasteiger partial charge is 0.274 e. The zero-order valence-corrected chi connectivity index (χ0v) is 11.0. The molecular weight excluding hydrogens is 228 g/mol. The van der Waals surface area contributed by atoms with E-state index in [0.717, 1.165) is 26.2 Å². The van der Waals surface area contributed by atoms with E-state index in [9.17, 15) is 8.42 Å². The molecule has 1 saturated heterocycles. The summed E-state index contributed by atoms with van der Waals surface area (Å²) in [5.41, 5.74) is -0.201. The highest BCUT2D eigenvalue weighted by Gasteiger charge is 2.29. The van der Waals surface area contributed by atoms with E-state index in [0.29, 0.717) is 6.54 Å². The molecule has 7 heteroatoms. The summed E-state index contributed by atoms with van der Waals surface area (Å²) < 4.78 is 24.1. The lowest BCUT2D eigenvalue weighted by molar-refractivity contribution is 0.0652. The first-order valence-electron chi connectivity index (χ1n) is 5.42. The fourth-order valence-electron chi connectivity index (χ4n) is 1.80. The molecule has 0 aromatic rings. The van der Waals surface area contributed by atoms with Gasteiger partial charge in [0.1, 0.15) is 0 Å². The van der Waals surface area contributed by atoms with Gasteiger partial charge in [0.15, 0.2) is 0 Å². The summed E-state index contributed by atoms with van der Waals surface area (Å²) in [4.78, 5) is 4.55. The molecule has 1 aliphatic heterocycles. The van der Waals surface area contributed by atoms with Crippen molar-refractivity contribution in [3.63, 3.8) is 0 Å². The van der Waals surface area contributed by atoms with Crippen molar-refractivity contribution >= 4 is 10.2 Å². The van der Waals surface area contributed by atoms with E-state index in [2.05, 4.69) is 21.6 Å². The molecular formula is C9H22N4O2S. The highest BCUT2D eigenvalue weighted by atomic mass is 32.2. The summed E-state index contributed by atoms with van der Waals surface area (Å²) in [5.74, 6) is 0. The summed E-state index contributed by atoms with van der Waals surface area (Å²) in [6, 6.07) is 0. The molecule has 0 spiro atoms. The molecule has 0 radical (unpaired) electrons. The quantitative estimate of drug-likeness (QED) is 0.657. The van der Waals surface area contributed by atoms with Crippen LogP contribution in [0.15, 0.2) is 0 Å². The molecule has 6 nitrogen and oxygen atoms in total. The van der Waals surface area contributed by atoms with Crippen molar-refractivity contribution in [2.24, 2.45) is 5.14 Å². The van der Waals surface area contributed by atoms with Crippen LogP contribution < -0.4 is 9.86 Å². The molecule has 1 rings (SSSR count). The Morgan fingerprint density at radius 2 is 1.75 bits per heavy atom. The second-order valence-electron chi connectivity index (χ2n) is 4.97.